The highest BCUT2D eigenvalue weighted by molar-refractivity contribution is 5.81. The fraction of sp³-hybridized carbons (Fsp3) is 0.304. The SMILES string of the molecule is CC#CC[C@H](C)[C@H](NC(=O)OCC1c2ccccc2-c2ccccc21)C(=O)O. The Morgan fingerprint density at radius 3 is 2.21 bits per heavy atom. The lowest BCUT2D eigenvalue weighted by Gasteiger charge is -2.20. The molecule has 28 heavy (non-hydrogen) atoms. The summed E-state index contributed by atoms with van der Waals surface area (Å²) < 4.78 is 5.43. The van der Waals surface area contributed by atoms with E-state index in [-0.39, 0.29) is 18.4 Å². The summed E-state index contributed by atoms with van der Waals surface area (Å²) in [6.07, 6.45) is -0.345. The van der Waals surface area contributed by atoms with Gasteiger partial charge in [-0.3, -0.25) is 0 Å². The van der Waals surface area contributed by atoms with E-state index < -0.39 is 18.1 Å². The Balaban J connectivity index is 1.69. The molecule has 0 unspecified atom stereocenters. The molecule has 0 radical (unpaired) electrons. The van der Waals surface area contributed by atoms with Crippen LogP contribution in [0.5, 0.6) is 0 Å². The maximum absolute atomic E-state index is 12.3. The third-order valence-corrected chi connectivity index (χ3v) is 5.05. The van der Waals surface area contributed by atoms with Gasteiger partial charge in [-0.25, -0.2) is 9.59 Å². The molecule has 2 aromatic rings. The van der Waals surface area contributed by atoms with E-state index in [2.05, 4.69) is 29.3 Å². The fourth-order valence-electron chi connectivity index (χ4n) is 3.60. The topological polar surface area (TPSA) is 75.6 Å². The van der Waals surface area contributed by atoms with E-state index in [1.807, 2.05) is 36.4 Å². The van der Waals surface area contributed by atoms with Crippen molar-refractivity contribution in [3.8, 4) is 23.0 Å². The first kappa shape index (κ1) is 19.5. The molecule has 5 nitrogen and oxygen atoms in total. The van der Waals surface area contributed by atoms with Gasteiger partial charge in [0.2, 0.25) is 0 Å². The Hall–Kier alpha value is -3.26. The highest BCUT2D eigenvalue weighted by Gasteiger charge is 2.30. The van der Waals surface area contributed by atoms with Gasteiger partial charge in [-0.15, -0.1) is 11.8 Å². The van der Waals surface area contributed by atoms with Crippen molar-refractivity contribution in [2.24, 2.45) is 5.92 Å². The molecule has 0 aromatic heterocycles. The van der Waals surface area contributed by atoms with Crippen LogP contribution >= 0.6 is 0 Å². The zero-order valence-electron chi connectivity index (χ0n) is 15.9. The van der Waals surface area contributed by atoms with E-state index in [1.54, 1.807) is 13.8 Å². The van der Waals surface area contributed by atoms with Gasteiger partial charge in [-0.2, -0.15) is 0 Å². The third kappa shape index (κ3) is 4.01. The second-order valence-electron chi connectivity index (χ2n) is 6.89. The van der Waals surface area contributed by atoms with Gasteiger partial charge in [0.15, 0.2) is 0 Å². The molecular formula is C23H23NO4. The minimum Gasteiger partial charge on any atom is -0.480 e. The van der Waals surface area contributed by atoms with Gasteiger partial charge in [0, 0.05) is 12.3 Å². The van der Waals surface area contributed by atoms with E-state index in [9.17, 15) is 14.7 Å². The highest BCUT2D eigenvalue weighted by Crippen LogP contribution is 2.44. The highest BCUT2D eigenvalue weighted by atomic mass is 16.5. The predicted molar refractivity (Wildman–Crippen MR) is 107 cm³/mol. The van der Waals surface area contributed by atoms with Crippen LogP contribution in [0.1, 0.15) is 37.3 Å². The molecule has 0 fully saturated rings. The van der Waals surface area contributed by atoms with Crippen LogP contribution in [0.2, 0.25) is 0 Å². The quantitative estimate of drug-likeness (QED) is 0.746. The smallest absolute Gasteiger partial charge is 0.407 e. The van der Waals surface area contributed by atoms with E-state index >= 15 is 0 Å². The number of fused-ring (bicyclic) bond motifs is 3. The van der Waals surface area contributed by atoms with E-state index in [0.717, 1.165) is 22.3 Å². The fourth-order valence-corrected chi connectivity index (χ4v) is 3.60. The number of carboxylic acids is 1. The summed E-state index contributed by atoms with van der Waals surface area (Å²) in [5, 5.41) is 11.9. The number of rotatable bonds is 6. The monoisotopic (exact) mass is 377 g/mol. The van der Waals surface area contributed by atoms with Gasteiger partial charge < -0.3 is 15.2 Å². The standard InChI is InChI=1S/C23H23NO4/c1-3-4-9-15(2)21(22(25)26)24-23(27)28-14-20-18-12-7-5-10-16(18)17-11-6-8-13-19(17)20/h5-8,10-13,15,20-21H,9,14H2,1-2H3,(H,24,27)(H,25,26)/t15-,21-/m0/s1. The number of carbonyl (C=O) groups excluding carboxylic acids is 1. The maximum Gasteiger partial charge on any atom is 0.407 e. The van der Waals surface area contributed by atoms with E-state index in [1.165, 1.54) is 0 Å². The molecule has 5 heteroatoms. The van der Waals surface area contributed by atoms with Crippen LogP contribution < -0.4 is 5.32 Å². The number of hydrogen-bond donors (Lipinski definition) is 2. The molecule has 1 aliphatic carbocycles. The molecule has 3 rings (SSSR count). The van der Waals surface area contributed by atoms with Crippen molar-refractivity contribution in [3.05, 3.63) is 59.7 Å². The lowest BCUT2D eigenvalue weighted by Crippen LogP contribution is -2.45. The maximum atomic E-state index is 12.3. The summed E-state index contributed by atoms with van der Waals surface area (Å²) in [7, 11) is 0. The Morgan fingerprint density at radius 2 is 1.68 bits per heavy atom. The second kappa shape index (κ2) is 8.62. The van der Waals surface area contributed by atoms with E-state index in [0.29, 0.717) is 6.42 Å². The normalized spacial score (nSPS) is 14.1. The van der Waals surface area contributed by atoms with Gasteiger partial charge in [-0.1, -0.05) is 55.5 Å². The zero-order chi connectivity index (χ0) is 20.1. The summed E-state index contributed by atoms with van der Waals surface area (Å²) in [4.78, 5) is 23.8. The van der Waals surface area contributed by atoms with Crippen molar-refractivity contribution in [3.63, 3.8) is 0 Å². The lowest BCUT2D eigenvalue weighted by molar-refractivity contribution is -0.140. The van der Waals surface area contributed by atoms with Crippen LogP contribution in [0.4, 0.5) is 4.79 Å². The van der Waals surface area contributed by atoms with Gasteiger partial charge >= 0.3 is 12.1 Å². The van der Waals surface area contributed by atoms with Crippen molar-refractivity contribution >= 4 is 12.1 Å². The summed E-state index contributed by atoms with van der Waals surface area (Å²) in [5.74, 6) is 4.10. The Bertz CT molecular complexity index is 895. The molecule has 0 bridgehead atoms. The van der Waals surface area contributed by atoms with Gasteiger partial charge in [0.1, 0.15) is 12.6 Å². The molecule has 2 atom stereocenters. The van der Waals surface area contributed by atoms with Crippen molar-refractivity contribution in [2.45, 2.75) is 32.2 Å². The first-order chi connectivity index (χ1) is 13.5. The average Bonchev–Trinajstić information content (AvgIpc) is 3.02. The van der Waals surface area contributed by atoms with Gasteiger partial charge in [-0.05, 0) is 35.1 Å². The summed E-state index contributed by atoms with van der Waals surface area (Å²) in [6, 6.07) is 15.1. The molecule has 0 aliphatic heterocycles. The van der Waals surface area contributed by atoms with Crippen LogP contribution in [0.15, 0.2) is 48.5 Å². The lowest BCUT2D eigenvalue weighted by atomic mass is 9.98. The number of amides is 1. The summed E-state index contributed by atoms with van der Waals surface area (Å²) in [5.41, 5.74) is 4.50. The van der Waals surface area contributed by atoms with Gasteiger partial charge in [0.05, 0.1) is 0 Å². The number of carboxylic acid groups (broad SMARTS) is 1. The van der Waals surface area contributed by atoms with Crippen molar-refractivity contribution in [1.29, 1.82) is 0 Å². The molecule has 144 valence electrons. The van der Waals surface area contributed by atoms with Crippen molar-refractivity contribution < 1.29 is 19.4 Å². The molecule has 0 spiro atoms. The third-order valence-electron chi connectivity index (χ3n) is 5.05. The zero-order valence-corrected chi connectivity index (χ0v) is 15.9. The van der Waals surface area contributed by atoms with Crippen LogP contribution in [0.25, 0.3) is 11.1 Å². The Labute approximate surface area is 164 Å². The Kier molecular flexibility index (Phi) is 6.00. The first-order valence-electron chi connectivity index (χ1n) is 9.26. The molecular weight excluding hydrogens is 354 g/mol. The molecule has 2 N–H and O–H groups in total. The van der Waals surface area contributed by atoms with Gasteiger partial charge in [0.25, 0.3) is 0 Å². The first-order valence-corrected chi connectivity index (χ1v) is 9.26. The Morgan fingerprint density at radius 1 is 1.11 bits per heavy atom. The predicted octanol–water partition coefficient (Wildman–Crippen LogP) is 4.03. The number of hydrogen-bond acceptors (Lipinski definition) is 3. The number of benzene rings is 2. The second-order valence-corrected chi connectivity index (χ2v) is 6.89. The molecule has 0 saturated heterocycles. The number of aliphatic carboxylic acids is 1. The summed E-state index contributed by atoms with van der Waals surface area (Å²) >= 11 is 0. The molecule has 0 saturated carbocycles. The molecule has 1 amide bonds. The summed E-state index contributed by atoms with van der Waals surface area (Å²) in [6.45, 7) is 3.59. The largest absolute Gasteiger partial charge is 0.480 e. The number of ether oxygens (including phenoxy) is 1. The molecule has 2 aromatic carbocycles. The van der Waals surface area contributed by atoms with Crippen LogP contribution in [0, 0.1) is 17.8 Å². The van der Waals surface area contributed by atoms with Crippen LogP contribution in [0.3, 0.4) is 0 Å². The van der Waals surface area contributed by atoms with Crippen LogP contribution in [-0.4, -0.2) is 29.8 Å². The molecule has 0 heterocycles. The van der Waals surface area contributed by atoms with Crippen molar-refractivity contribution in [2.75, 3.05) is 6.61 Å². The van der Waals surface area contributed by atoms with Crippen molar-refractivity contribution in [1.82, 2.24) is 5.32 Å². The minimum atomic E-state index is -1.10. The van der Waals surface area contributed by atoms with Crippen LogP contribution in [-0.2, 0) is 9.53 Å². The minimum absolute atomic E-state index is 0.0650. The average molecular weight is 377 g/mol. The number of carbonyl (C=O) groups is 2. The number of alkyl carbamates (subject to hydrolysis) is 1. The van der Waals surface area contributed by atoms with E-state index in [4.69, 9.17) is 4.74 Å². The number of nitrogens with one attached hydrogen (secondary N) is 1. The molecule has 1 aliphatic rings.